The molecule has 1 atom stereocenters. The number of nitrogens with zero attached hydrogens (tertiary/aromatic N) is 3. The van der Waals surface area contributed by atoms with Crippen LogP contribution in [0.3, 0.4) is 0 Å². The summed E-state index contributed by atoms with van der Waals surface area (Å²) in [6, 6.07) is 17.3. The van der Waals surface area contributed by atoms with Gasteiger partial charge >= 0.3 is 6.18 Å². The molecule has 3 aromatic carbocycles. The van der Waals surface area contributed by atoms with Crippen molar-refractivity contribution in [1.29, 1.82) is 0 Å². The van der Waals surface area contributed by atoms with Crippen LogP contribution in [-0.4, -0.2) is 34.5 Å². The number of carbonyl (C=O) groups is 1. The largest absolute Gasteiger partial charge is 0.495 e. The minimum atomic E-state index is -4.58. The Balaban J connectivity index is 1.90. The van der Waals surface area contributed by atoms with E-state index >= 15 is 0 Å². The van der Waals surface area contributed by atoms with Crippen molar-refractivity contribution in [3.8, 4) is 11.4 Å². The fourth-order valence-electron chi connectivity index (χ4n) is 4.22. The van der Waals surface area contributed by atoms with Gasteiger partial charge in [-0.05, 0) is 48.9 Å². The molecule has 0 N–H and O–H groups in total. The second-order valence-corrected chi connectivity index (χ2v) is 8.22. The molecular weight excluding hydrogens is 471 g/mol. The van der Waals surface area contributed by atoms with Crippen molar-refractivity contribution in [3.63, 3.8) is 0 Å². The Morgan fingerprint density at radius 2 is 1.75 bits per heavy atom. The predicted octanol–water partition coefficient (Wildman–Crippen LogP) is 5.64. The molecule has 6 nitrogen and oxygen atoms in total. The van der Waals surface area contributed by atoms with Gasteiger partial charge < -0.3 is 9.64 Å². The quantitative estimate of drug-likeness (QED) is 0.348. The predicted molar refractivity (Wildman–Crippen MR) is 130 cm³/mol. The Morgan fingerprint density at radius 1 is 1.06 bits per heavy atom. The second-order valence-electron chi connectivity index (χ2n) is 8.22. The van der Waals surface area contributed by atoms with Crippen molar-refractivity contribution < 1.29 is 22.7 Å². The number of fused-ring (bicyclic) bond motifs is 1. The minimum absolute atomic E-state index is 0.113. The molecule has 0 aliphatic rings. The topological polar surface area (TPSA) is 64.4 Å². The maximum atomic E-state index is 13.7. The molecule has 0 fully saturated rings. The number of hydrogen-bond donors (Lipinski definition) is 0. The molecule has 4 aromatic rings. The lowest BCUT2D eigenvalue weighted by Crippen LogP contribution is -2.36. The highest BCUT2D eigenvalue weighted by Crippen LogP contribution is 2.32. The third-order valence-corrected chi connectivity index (χ3v) is 6.04. The molecule has 186 valence electrons. The molecule has 0 radical (unpaired) electrons. The van der Waals surface area contributed by atoms with Crippen LogP contribution in [0.15, 0.2) is 77.6 Å². The van der Waals surface area contributed by atoms with Crippen LogP contribution >= 0.6 is 0 Å². The molecule has 9 heteroatoms. The molecule has 0 aliphatic carbocycles. The van der Waals surface area contributed by atoms with E-state index in [1.165, 1.54) is 35.8 Å². The van der Waals surface area contributed by atoms with Gasteiger partial charge in [0.1, 0.15) is 11.6 Å². The summed E-state index contributed by atoms with van der Waals surface area (Å²) in [7, 11) is 2.98. The summed E-state index contributed by atoms with van der Waals surface area (Å²) in [6.07, 6.45) is -4.23. The molecule has 0 spiro atoms. The highest BCUT2D eigenvalue weighted by molar-refractivity contribution is 5.94. The SMILES string of the molecule is CCC(c1nc2ccccc2c(=O)n1-c1ccccc1OC)N(C)C(=O)c1cccc(C(F)(F)F)c1. The number of alkyl halides is 3. The van der Waals surface area contributed by atoms with Crippen molar-refractivity contribution in [2.75, 3.05) is 14.2 Å². The molecule has 1 unspecified atom stereocenters. The first-order valence-corrected chi connectivity index (χ1v) is 11.3. The van der Waals surface area contributed by atoms with Crippen molar-refractivity contribution in [3.05, 3.63) is 100 Å². The summed E-state index contributed by atoms with van der Waals surface area (Å²) in [5.74, 6) is 0.0788. The van der Waals surface area contributed by atoms with E-state index in [1.807, 2.05) is 6.92 Å². The van der Waals surface area contributed by atoms with Crippen LogP contribution in [0.25, 0.3) is 16.6 Å². The van der Waals surface area contributed by atoms with Crippen molar-refractivity contribution in [2.24, 2.45) is 0 Å². The van der Waals surface area contributed by atoms with Crippen LogP contribution in [0.2, 0.25) is 0 Å². The van der Waals surface area contributed by atoms with Gasteiger partial charge in [0.2, 0.25) is 0 Å². The van der Waals surface area contributed by atoms with E-state index in [1.54, 1.807) is 48.5 Å². The molecule has 4 rings (SSSR count). The van der Waals surface area contributed by atoms with E-state index in [0.29, 0.717) is 28.8 Å². The monoisotopic (exact) mass is 495 g/mol. The maximum absolute atomic E-state index is 13.7. The van der Waals surface area contributed by atoms with E-state index in [2.05, 4.69) is 0 Å². The molecule has 0 saturated heterocycles. The zero-order chi connectivity index (χ0) is 26.0. The fraction of sp³-hybridized carbons (Fsp3) is 0.222. The van der Waals surface area contributed by atoms with Crippen LogP contribution in [0.1, 0.15) is 41.1 Å². The summed E-state index contributed by atoms with van der Waals surface area (Å²) < 4.78 is 46.6. The molecule has 1 heterocycles. The van der Waals surface area contributed by atoms with Crippen LogP contribution < -0.4 is 10.3 Å². The zero-order valence-electron chi connectivity index (χ0n) is 19.9. The third-order valence-electron chi connectivity index (χ3n) is 6.04. The molecular formula is C27H24F3N3O3. The van der Waals surface area contributed by atoms with Crippen molar-refractivity contribution in [2.45, 2.75) is 25.6 Å². The highest BCUT2D eigenvalue weighted by Gasteiger charge is 2.32. The Hall–Kier alpha value is -4.14. The Kier molecular flexibility index (Phi) is 6.83. The Labute approximate surface area is 205 Å². The number of hydrogen-bond acceptors (Lipinski definition) is 4. The molecule has 1 aromatic heterocycles. The van der Waals surface area contributed by atoms with Crippen LogP contribution in [0.4, 0.5) is 13.2 Å². The number of rotatable bonds is 6. The second kappa shape index (κ2) is 9.85. The number of aromatic nitrogens is 2. The molecule has 1 amide bonds. The summed E-state index contributed by atoms with van der Waals surface area (Å²) in [5.41, 5.74) is -0.487. The number of benzene rings is 3. The van der Waals surface area contributed by atoms with Gasteiger partial charge in [-0.25, -0.2) is 4.98 Å². The van der Waals surface area contributed by atoms with E-state index in [-0.39, 0.29) is 16.9 Å². The lowest BCUT2D eigenvalue weighted by molar-refractivity contribution is -0.137. The zero-order valence-corrected chi connectivity index (χ0v) is 19.9. The van der Waals surface area contributed by atoms with E-state index in [0.717, 1.165) is 12.1 Å². The summed E-state index contributed by atoms with van der Waals surface area (Å²) in [6.45, 7) is 1.81. The standard InChI is InChI=1S/C27H24F3N3O3/c1-4-21(32(2)25(34)17-10-9-11-18(16-17)27(28,29)30)24-31-20-13-6-5-12-19(20)26(35)33(24)22-14-7-8-15-23(22)36-3/h5-16,21H,4H2,1-3H3. The Bertz CT molecular complexity index is 1480. The molecule has 0 bridgehead atoms. The van der Waals surface area contributed by atoms with E-state index in [9.17, 15) is 22.8 Å². The smallest absolute Gasteiger partial charge is 0.416 e. The van der Waals surface area contributed by atoms with Gasteiger partial charge in [-0.3, -0.25) is 14.2 Å². The van der Waals surface area contributed by atoms with Crippen molar-refractivity contribution in [1.82, 2.24) is 14.5 Å². The molecule has 0 aliphatic heterocycles. The number of carbonyl (C=O) groups excluding carboxylic acids is 1. The number of para-hydroxylation sites is 3. The minimum Gasteiger partial charge on any atom is -0.495 e. The lowest BCUT2D eigenvalue weighted by Gasteiger charge is -2.29. The number of ether oxygens (including phenoxy) is 1. The molecule has 36 heavy (non-hydrogen) atoms. The maximum Gasteiger partial charge on any atom is 0.416 e. The Morgan fingerprint density at radius 3 is 2.44 bits per heavy atom. The lowest BCUT2D eigenvalue weighted by atomic mass is 10.1. The van der Waals surface area contributed by atoms with Crippen molar-refractivity contribution >= 4 is 16.8 Å². The van der Waals surface area contributed by atoms with Gasteiger partial charge in [0, 0.05) is 12.6 Å². The number of methoxy groups -OCH3 is 1. The van der Waals surface area contributed by atoms with Gasteiger partial charge in [0.15, 0.2) is 0 Å². The van der Waals surface area contributed by atoms with E-state index < -0.39 is 23.7 Å². The first-order chi connectivity index (χ1) is 17.2. The summed E-state index contributed by atoms with van der Waals surface area (Å²) in [4.78, 5) is 33.1. The van der Waals surface area contributed by atoms with Crippen LogP contribution in [-0.2, 0) is 6.18 Å². The van der Waals surface area contributed by atoms with Gasteiger partial charge in [-0.15, -0.1) is 0 Å². The summed E-state index contributed by atoms with van der Waals surface area (Å²) >= 11 is 0. The average Bonchev–Trinajstić information content (AvgIpc) is 2.88. The van der Waals surface area contributed by atoms with Gasteiger partial charge in [-0.2, -0.15) is 13.2 Å². The normalized spacial score (nSPS) is 12.4. The number of amides is 1. The fourth-order valence-corrected chi connectivity index (χ4v) is 4.22. The van der Waals surface area contributed by atoms with Gasteiger partial charge in [0.25, 0.3) is 11.5 Å². The van der Waals surface area contributed by atoms with E-state index in [4.69, 9.17) is 9.72 Å². The number of halogens is 3. The first kappa shape index (κ1) is 25.0. The third kappa shape index (κ3) is 4.56. The summed E-state index contributed by atoms with van der Waals surface area (Å²) in [5, 5.41) is 0.383. The van der Waals surface area contributed by atoms with Crippen LogP contribution in [0, 0.1) is 0 Å². The molecule has 0 saturated carbocycles. The first-order valence-electron chi connectivity index (χ1n) is 11.3. The van der Waals surface area contributed by atoms with Crippen LogP contribution in [0.5, 0.6) is 5.75 Å². The highest BCUT2D eigenvalue weighted by atomic mass is 19.4. The average molecular weight is 496 g/mol. The van der Waals surface area contributed by atoms with Gasteiger partial charge in [-0.1, -0.05) is 37.3 Å². The van der Waals surface area contributed by atoms with Gasteiger partial charge in [0.05, 0.1) is 35.3 Å².